The number of allylic oxidation sites excluding steroid dienone is 1. The first-order valence-electron chi connectivity index (χ1n) is 5.81. The lowest BCUT2D eigenvalue weighted by molar-refractivity contribution is -0.384. The highest BCUT2D eigenvalue weighted by atomic mass is 32.2. The zero-order valence-electron chi connectivity index (χ0n) is 10.4. The van der Waals surface area contributed by atoms with E-state index in [1.807, 2.05) is 0 Å². The summed E-state index contributed by atoms with van der Waals surface area (Å²) in [5, 5.41) is 14.2. The quantitative estimate of drug-likeness (QED) is 0.669. The molecule has 1 aromatic carbocycles. The number of non-ortho nitro benzene ring substituents is 1. The normalized spacial score (nSPS) is 19.7. The van der Waals surface area contributed by atoms with Crippen LogP contribution in [-0.2, 0) is 14.6 Å². The van der Waals surface area contributed by atoms with Crippen LogP contribution in [0.25, 0.3) is 0 Å². The van der Waals surface area contributed by atoms with E-state index in [2.05, 4.69) is 5.32 Å². The van der Waals surface area contributed by atoms with E-state index in [-0.39, 0.29) is 29.7 Å². The highest BCUT2D eigenvalue weighted by Gasteiger charge is 2.23. The molecule has 0 spiro atoms. The summed E-state index contributed by atoms with van der Waals surface area (Å²) in [5.41, 5.74) is 0.373. The van der Waals surface area contributed by atoms with Gasteiger partial charge >= 0.3 is 0 Å². The van der Waals surface area contributed by atoms with Crippen molar-refractivity contribution in [3.63, 3.8) is 0 Å². The molecule has 0 fully saturated rings. The van der Waals surface area contributed by atoms with Gasteiger partial charge < -0.3 is 5.32 Å². The maximum absolute atomic E-state index is 11.7. The molecule has 20 heavy (non-hydrogen) atoms. The topological polar surface area (TPSA) is 106 Å². The molecule has 0 saturated heterocycles. The van der Waals surface area contributed by atoms with Crippen LogP contribution in [0.1, 0.15) is 6.42 Å². The summed E-state index contributed by atoms with van der Waals surface area (Å²) in [4.78, 5) is 21.7. The molecule has 106 valence electrons. The van der Waals surface area contributed by atoms with Crippen molar-refractivity contribution in [2.45, 2.75) is 6.42 Å². The molecule has 0 bridgehead atoms. The van der Waals surface area contributed by atoms with Crippen LogP contribution in [0.4, 0.5) is 11.4 Å². The van der Waals surface area contributed by atoms with Gasteiger partial charge in [0.05, 0.1) is 10.7 Å². The Hall–Kier alpha value is -2.22. The van der Waals surface area contributed by atoms with Gasteiger partial charge in [-0.3, -0.25) is 14.9 Å². The predicted octanol–water partition coefficient (Wildman–Crippen LogP) is 1.48. The van der Waals surface area contributed by atoms with Gasteiger partial charge in [-0.2, -0.15) is 0 Å². The van der Waals surface area contributed by atoms with E-state index in [1.165, 1.54) is 30.3 Å². The van der Waals surface area contributed by atoms with E-state index >= 15 is 0 Å². The van der Waals surface area contributed by atoms with Crippen molar-refractivity contribution in [3.05, 3.63) is 45.9 Å². The van der Waals surface area contributed by atoms with E-state index in [0.29, 0.717) is 5.69 Å². The number of carbonyl (C=O) groups is 1. The summed E-state index contributed by atoms with van der Waals surface area (Å²) < 4.78 is 22.4. The van der Waals surface area contributed by atoms with Crippen molar-refractivity contribution in [2.24, 2.45) is 5.92 Å². The number of rotatable bonds is 4. The molecule has 0 radical (unpaired) electrons. The average Bonchev–Trinajstić information content (AvgIpc) is 2.69. The van der Waals surface area contributed by atoms with Gasteiger partial charge in [-0.25, -0.2) is 8.42 Å². The Morgan fingerprint density at radius 1 is 1.35 bits per heavy atom. The van der Waals surface area contributed by atoms with Gasteiger partial charge in [-0.15, -0.1) is 0 Å². The molecule has 1 heterocycles. The standard InChI is InChI=1S/C12H12N2O5S/c15-12(7-9-5-6-20(18,19)8-9)13-10-1-3-11(4-2-10)14(16)17/h1-6,9H,7-8H2,(H,13,15). The number of sulfone groups is 1. The zero-order valence-corrected chi connectivity index (χ0v) is 11.2. The molecule has 1 atom stereocenters. The molecular weight excluding hydrogens is 284 g/mol. The van der Waals surface area contributed by atoms with Crippen LogP contribution in [0.15, 0.2) is 35.7 Å². The number of nitrogens with one attached hydrogen (secondary N) is 1. The van der Waals surface area contributed by atoms with E-state index in [1.54, 1.807) is 0 Å². The van der Waals surface area contributed by atoms with Crippen LogP contribution in [0.2, 0.25) is 0 Å². The number of anilines is 1. The number of carbonyl (C=O) groups excluding carboxylic acids is 1. The number of hydrogen-bond acceptors (Lipinski definition) is 5. The Labute approximate surface area is 115 Å². The monoisotopic (exact) mass is 296 g/mol. The Morgan fingerprint density at radius 3 is 2.50 bits per heavy atom. The van der Waals surface area contributed by atoms with E-state index in [4.69, 9.17) is 0 Å². The minimum atomic E-state index is -3.16. The van der Waals surface area contributed by atoms with Crippen molar-refractivity contribution in [2.75, 3.05) is 11.1 Å². The molecule has 1 amide bonds. The highest BCUT2D eigenvalue weighted by molar-refractivity contribution is 7.94. The molecule has 1 aliphatic heterocycles. The first-order valence-corrected chi connectivity index (χ1v) is 7.52. The second-order valence-electron chi connectivity index (χ2n) is 4.47. The fraction of sp³-hybridized carbons (Fsp3) is 0.250. The van der Waals surface area contributed by atoms with Gasteiger partial charge in [0, 0.05) is 35.6 Å². The molecule has 1 N–H and O–H groups in total. The lowest BCUT2D eigenvalue weighted by Crippen LogP contribution is -2.17. The highest BCUT2D eigenvalue weighted by Crippen LogP contribution is 2.20. The number of nitro benzene ring substituents is 1. The number of nitrogens with zero attached hydrogens (tertiary/aromatic N) is 1. The van der Waals surface area contributed by atoms with Crippen molar-refractivity contribution in [3.8, 4) is 0 Å². The first kappa shape index (κ1) is 14.2. The van der Waals surface area contributed by atoms with Crippen molar-refractivity contribution >= 4 is 27.1 Å². The van der Waals surface area contributed by atoms with Crippen LogP contribution in [0, 0.1) is 16.0 Å². The molecule has 2 rings (SSSR count). The third-order valence-electron chi connectivity index (χ3n) is 2.81. The van der Waals surface area contributed by atoms with Gasteiger partial charge in [0.2, 0.25) is 5.91 Å². The largest absolute Gasteiger partial charge is 0.326 e. The lowest BCUT2D eigenvalue weighted by Gasteiger charge is -2.08. The molecule has 1 unspecified atom stereocenters. The summed E-state index contributed by atoms with van der Waals surface area (Å²) in [6.45, 7) is 0. The lowest BCUT2D eigenvalue weighted by atomic mass is 10.1. The fourth-order valence-corrected chi connectivity index (χ4v) is 3.28. The van der Waals surface area contributed by atoms with E-state index < -0.39 is 14.8 Å². The number of hydrogen-bond donors (Lipinski definition) is 1. The second kappa shape index (κ2) is 5.41. The van der Waals surface area contributed by atoms with Crippen LogP contribution in [-0.4, -0.2) is 25.0 Å². The maximum atomic E-state index is 11.7. The maximum Gasteiger partial charge on any atom is 0.269 e. The number of benzene rings is 1. The number of nitro groups is 1. The Balaban J connectivity index is 1.92. The second-order valence-corrected chi connectivity index (χ2v) is 6.41. The van der Waals surface area contributed by atoms with Crippen LogP contribution in [0.3, 0.4) is 0 Å². The minimum absolute atomic E-state index is 0.0549. The van der Waals surface area contributed by atoms with Crippen LogP contribution in [0.5, 0.6) is 0 Å². The third kappa shape index (κ3) is 3.64. The summed E-state index contributed by atoms with van der Waals surface area (Å²) in [7, 11) is -3.16. The average molecular weight is 296 g/mol. The summed E-state index contributed by atoms with van der Waals surface area (Å²) in [6, 6.07) is 5.43. The van der Waals surface area contributed by atoms with Gasteiger partial charge in [0.15, 0.2) is 9.84 Å². The van der Waals surface area contributed by atoms with Crippen LogP contribution >= 0.6 is 0 Å². The minimum Gasteiger partial charge on any atom is -0.326 e. The first-order chi connectivity index (χ1) is 9.35. The molecule has 0 aliphatic carbocycles. The van der Waals surface area contributed by atoms with E-state index in [0.717, 1.165) is 5.41 Å². The fourth-order valence-electron chi connectivity index (χ4n) is 1.88. The SMILES string of the molecule is O=C(CC1C=CS(=O)(=O)C1)Nc1ccc([N+](=O)[O-])cc1. The smallest absolute Gasteiger partial charge is 0.269 e. The molecule has 8 heteroatoms. The summed E-state index contributed by atoms with van der Waals surface area (Å²) in [5.74, 6) is -0.704. The van der Waals surface area contributed by atoms with Gasteiger partial charge in [-0.05, 0) is 12.1 Å². The Kier molecular flexibility index (Phi) is 3.84. The van der Waals surface area contributed by atoms with Crippen molar-refractivity contribution in [1.82, 2.24) is 0 Å². The Morgan fingerprint density at radius 2 is 2.00 bits per heavy atom. The van der Waals surface area contributed by atoms with Crippen LogP contribution < -0.4 is 5.32 Å². The zero-order chi connectivity index (χ0) is 14.8. The van der Waals surface area contributed by atoms with Crippen molar-refractivity contribution in [1.29, 1.82) is 0 Å². The molecule has 1 aromatic rings. The summed E-state index contributed by atoms with van der Waals surface area (Å²) >= 11 is 0. The molecule has 1 aliphatic rings. The van der Waals surface area contributed by atoms with Gasteiger partial charge in [-0.1, -0.05) is 6.08 Å². The summed E-state index contributed by atoms with van der Waals surface area (Å²) in [6.07, 6.45) is 1.57. The third-order valence-corrected chi connectivity index (χ3v) is 4.28. The Bertz CT molecular complexity index is 664. The predicted molar refractivity (Wildman–Crippen MR) is 72.8 cm³/mol. The van der Waals surface area contributed by atoms with E-state index in [9.17, 15) is 23.3 Å². The molecule has 0 aromatic heterocycles. The van der Waals surface area contributed by atoms with Crippen molar-refractivity contribution < 1.29 is 18.1 Å². The molecule has 7 nitrogen and oxygen atoms in total. The molecule has 0 saturated carbocycles. The van der Waals surface area contributed by atoms with Gasteiger partial charge in [0.1, 0.15) is 0 Å². The van der Waals surface area contributed by atoms with Gasteiger partial charge in [0.25, 0.3) is 5.69 Å². The number of amides is 1. The molecular formula is C12H12N2O5S.